The van der Waals surface area contributed by atoms with Crippen LogP contribution in [0.5, 0.6) is 5.75 Å². The van der Waals surface area contributed by atoms with Gasteiger partial charge in [-0.15, -0.1) is 0 Å². The molecule has 0 saturated carbocycles. The van der Waals surface area contributed by atoms with Gasteiger partial charge in [-0.25, -0.2) is 0 Å². The molecule has 1 aromatic rings. The zero-order chi connectivity index (χ0) is 10.9. The minimum atomic E-state index is -0.847. The van der Waals surface area contributed by atoms with Gasteiger partial charge in [-0.05, 0) is 42.5 Å². The van der Waals surface area contributed by atoms with Crippen LogP contribution in [0.4, 0.5) is 0 Å². The van der Waals surface area contributed by atoms with Gasteiger partial charge in [-0.3, -0.25) is 0 Å². The summed E-state index contributed by atoms with van der Waals surface area (Å²) >= 11 is 0. The lowest BCUT2D eigenvalue weighted by Crippen LogP contribution is -2.27. The van der Waals surface area contributed by atoms with Gasteiger partial charge in [0.05, 0.1) is 7.11 Å². The van der Waals surface area contributed by atoms with E-state index in [9.17, 15) is 5.11 Å². The first kappa shape index (κ1) is 10.2. The first-order chi connectivity index (χ1) is 7.19. The van der Waals surface area contributed by atoms with Gasteiger partial charge in [0.2, 0.25) is 0 Å². The maximum atomic E-state index is 10.3. The maximum absolute atomic E-state index is 10.3. The van der Waals surface area contributed by atoms with Crippen LogP contribution < -0.4 is 4.74 Å². The van der Waals surface area contributed by atoms with Crippen LogP contribution in [0.1, 0.15) is 24.0 Å². The molecule has 80 valence electrons. The van der Waals surface area contributed by atoms with Crippen LogP contribution in [0.15, 0.2) is 30.9 Å². The fourth-order valence-corrected chi connectivity index (χ4v) is 2.22. The van der Waals surface area contributed by atoms with Crippen LogP contribution >= 0.6 is 0 Å². The first-order valence-corrected chi connectivity index (χ1v) is 5.23. The number of rotatable bonds is 2. The summed E-state index contributed by atoms with van der Waals surface area (Å²) in [6, 6.07) is 5.83. The molecule has 0 heterocycles. The summed E-state index contributed by atoms with van der Waals surface area (Å²) in [5.41, 5.74) is 1.30. The molecule has 0 spiro atoms. The van der Waals surface area contributed by atoms with Gasteiger partial charge in [-0.1, -0.05) is 18.7 Å². The quantitative estimate of drug-likeness (QED) is 0.750. The molecule has 0 aromatic heterocycles. The van der Waals surface area contributed by atoms with Gasteiger partial charge in [-0.2, -0.15) is 0 Å². The molecule has 0 amide bonds. The van der Waals surface area contributed by atoms with Gasteiger partial charge in [0, 0.05) is 0 Å². The third-order valence-electron chi connectivity index (χ3n) is 3.12. The Morgan fingerprint density at radius 2 is 2.33 bits per heavy atom. The van der Waals surface area contributed by atoms with Crippen molar-refractivity contribution in [1.82, 2.24) is 0 Å². The summed E-state index contributed by atoms with van der Waals surface area (Å²) in [6.07, 6.45) is 4.39. The second-order valence-electron chi connectivity index (χ2n) is 4.01. The minimum absolute atomic E-state index is 0.760. The van der Waals surface area contributed by atoms with Crippen molar-refractivity contribution < 1.29 is 9.84 Å². The molecule has 0 unspecified atom stereocenters. The van der Waals surface area contributed by atoms with Crippen molar-refractivity contribution in [3.05, 3.63) is 42.0 Å². The molecule has 2 nitrogen and oxygen atoms in total. The zero-order valence-electron chi connectivity index (χ0n) is 8.99. The Morgan fingerprint density at radius 1 is 1.53 bits per heavy atom. The molecule has 0 radical (unpaired) electrons. The Bertz CT molecular complexity index is 384. The van der Waals surface area contributed by atoms with Crippen molar-refractivity contribution in [2.45, 2.75) is 24.9 Å². The van der Waals surface area contributed by atoms with Crippen LogP contribution in [0.2, 0.25) is 0 Å². The summed E-state index contributed by atoms with van der Waals surface area (Å²) in [6.45, 7) is 3.72. The fraction of sp³-hybridized carbons (Fsp3) is 0.385. The van der Waals surface area contributed by atoms with Crippen LogP contribution in [0, 0.1) is 0 Å². The number of hydrogen-bond donors (Lipinski definition) is 1. The fourth-order valence-electron chi connectivity index (χ4n) is 2.22. The highest BCUT2D eigenvalue weighted by Crippen LogP contribution is 2.37. The van der Waals surface area contributed by atoms with E-state index in [0.29, 0.717) is 0 Å². The van der Waals surface area contributed by atoms with Crippen molar-refractivity contribution in [3.8, 4) is 5.75 Å². The summed E-state index contributed by atoms with van der Waals surface area (Å²) in [7, 11) is 1.66. The molecule has 1 aliphatic rings. The van der Waals surface area contributed by atoms with Crippen molar-refractivity contribution in [2.24, 2.45) is 0 Å². The van der Waals surface area contributed by atoms with Crippen molar-refractivity contribution >= 4 is 0 Å². The molecular weight excluding hydrogens is 188 g/mol. The molecule has 2 rings (SSSR count). The van der Waals surface area contributed by atoms with E-state index in [-0.39, 0.29) is 0 Å². The van der Waals surface area contributed by atoms with E-state index < -0.39 is 5.60 Å². The second-order valence-corrected chi connectivity index (χ2v) is 4.01. The average molecular weight is 204 g/mol. The SMILES string of the molecule is C=C[C@@]1(O)CCCc2cc(OC)ccc21. The molecule has 0 saturated heterocycles. The monoisotopic (exact) mass is 204 g/mol. The molecule has 2 heteroatoms. The molecule has 1 N–H and O–H groups in total. The predicted octanol–water partition coefficient (Wildman–Crippen LogP) is 2.41. The summed E-state index contributed by atoms with van der Waals surface area (Å²) in [5.74, 6) is 0.849. The van der Waals surface area contributed by atoms with E-state index in [1.165, 1.54) is 5.56 Å². The maximum Gasteiger partial charge on any atom is 0.119 e. The van der Waals surface area contributed by atoms with Crippen LogP contribution in [0.25, 0.3) is 0 Å². The Morgan fingerprint density at radius 3 is 3.00 bits per heavy atom. The summed E-state index contributed by atoms with van der Waals surface area (Å²) in [5, 5.41) is 10.3. The van der Waals surface area contributed by atoms with Crippen molar-refractivity contribution in [2.75, 3.05) is 7.11 Å². The Kier molecular flexibility index (Phi) is 2.53. The Balaban J connectivity index is 2.49. The van der Waals surface area contributed by atoms with Crippen molar-refractivity contribution in [1.29, 1.82) is 0 Å². The Labute approximate surface area is 90.2 Å². The molecule has 15 heavy (non-hydrogen) atoms. The van der Waals surface area contributed by atoms with E-state index in [2.05, 4.69) is 6.58 Å². The number of ether oxygens (including phenoxy) is 1. The topological polar surface area (TPSA) is 29.5 Å². The highest BCUT2D eigenvalue weighted by Gasteiger charge is 2.31. The van der Waals surface area contributed by atoms with E-state index in [1.54, 1.807) is 13.2 Å². The molecule has 0 bridgehead atoms. The Hall–Kier alpha value is -1.28. The standard InChI is InChI=1S/C13H16O2/c1-3-13(14)8-4-5-10-9-11(15-2)6-7-12(10)13/h3,6-7,9,14H,1,4-5,8H2,2H3/t13-/m1/s1. The third kappa shape index (κ3) is 1.65. The second kappa shape index (κ2) is 3.70. The van der Waals surface area contributed by atoms with E-state index in [1.807, 2.05) is 18.2 Å². The van der Waals surface area contributed by atoms with Gasteiger partial charge in [0.1, 0.15) is 11.4 Å². The lowest BCUT2D eigenvalue weighted by atomic mass is 9.79. The number of benzene rings is 1. The highest BCUT2D eigenvalue weighted by atomic mass is 16.5. The van der Waals surface area contributed by atoms with E-state index in [4.69, 9.17) is 4.74 Å². The predicted molar refractivity (Wildman–Crippen MR) is 60.0 cm³/mol. The lowest BCUT2D eigenvalue weighted by Gasteiger charge is -2.31. The first-order valence-electron chi connectivity index (χ1n) is 5.23. The van der Waals surface area contributed by atoms with Gasteiger partial charge < -0.3 is 9.84 Å². The molecule has 0 aliphatic heterocycles. The average Bonchev–Trinajstić information content (AvgIpc) is 2.29. The van der Waals surface area contributed by atoms with Gasteiger partial charge >= 0.3 is 0 Å². The summed E-state index contributed by atoms with van der Waals surface area (Å²) < 4.78 is 5.17. The van der Waals surface area contributed by atoms with Crippen LogP contribution in [-0.4, -0.2) is 12.2 Å². The van der Waals surface area contributed by atoms with Crippen LogP contribution in [-0.2, 0) is 12.0 Å². The molecule has 1 aliphatic carbocycles. The third-order valence-corrected chi connectivity index (χ3v) is 3.12. The number of aliphatic hydroxyl groups is 1. The van der Waals surface area contributed by atoms with Crippen molar-refractivity contribution in [3.63, 3.8) is 0 Å². The van der Waals surface area contributed by atoms with Gasteiger partial charge in [0.25, 0.3) is 0 Å². The largest absolute Gasteiger partial charge is 0.497 e. The van der Waals surface area contributed by atoms with E-state index in [0.717, 1.165) is 30.6 Å². The number of hydrogen-bond acceptors (Lipinski definition) is 2. The van der Waals surface area contributed by atoms with Crippen LogP contribution in [0.3, 0.4) is 0 Å². The number of methoxy groups -OCH3 is 1. The highest BCUT2D eigenvalue weighted by molar-refractivity contribution is 5.42. The lowest BCUT2D eigenvalue weighted by molar-refractivity contribution is 0.0703. The zero-order valence-corrected chi connectivity index (χ0v) is 8.99. The van der Waals surface area contributed by atoms with Gasteiger partial charge in [0.15, 0.2) is 0 Å². The normalized spacial score (nSPS) is 24.4. The molecular formula is C13H16O2. The number of fused-ring (bicyclic) bond motifs is 1. The summed E-state index contributed by atoms with van der Waals surface area (Å²) in [4.78, 5) is 0. The minimum Gasteiger partial charge on any atom is -0.497 e. The number of aryl methyl sites for hydroxylation is 1. The van der Waals surface area contributed by atoms with E-state index >= 15 is 0 Å². The molecule has 1 aromatic carbocycles. The molecule has 0 fully saturated rings. The smallest absolute Gasteiger partial charge is 0.119 e. The molecule has 1 atom stereocenters.